The lowest BCUT2D eigenvalue weighted by molar-refractivity contribution is 0.0644. The zero-order valence-corrected chi connectivity index (χ0v) is 11.9. The summed E-state index contributed by atoms with van der Waals surface area (Å²) in [6.07, 6.45) is 2.19. The number of likely N-dealkylation sites (N-methyl/N-ethyl adjacent to an activating group) is 2. The molecular weight excluding hydrogens is 240 g/mol. The molecule has 0 aliphatic carbocycles. The fourth-order valence-corrected chi connectivity index (χ4v) is 2.61. The highest BCUT2D eigenvalue weighted by molar-refractivity contribution is 5.94. The van der Waals surface area contributed by atoms with Crippen molar-refractivity contribution < 1.29 is 9.90 Å². The smallest absolute Gasteiger partial charge is 0.253 e. The summed E-state index contributed by atoms with van der Waals surface area (Å²) in [5.41, 5.74) is 1.38. The lowest BCUT2D eigenvalue weighted by Crippen LogP contribution is -2.47. The summed E-state index contributed by atoms with van der Waals surface area (Å²) in [7, 11) is 3.96. The number of rotatable bonds is 2. The van der Waals surface area contributed by atoms with E-state index in [0.29, 0.717) is 5.56 Å². The van der Waals surface area contributed by atoms with E-state index in [1.165, 1.54) is 0 Å². The first kappa shape index (κ1) is 13.9. The first-order valence-corrected chi connectivity index (χ1v) is 6.74. The maximum atomic E-state index is 12.4. The molecule has 1 amide bonds. The third-order valence-corrected chi connectivity index (χ3v) is 3.91. The van der Waals surface area contributed by atoms with E-state index in [1.807, 2.05) is 11.9 Å². The summed E-state index contributed by atoms with van der Waals surface area (Å²) in [4.78, 5) is 16.5. The monoisotopic (exact) mass is 262 g/mol. The van der Waals surface area contributed by atoms with Gasteiger partial charge in [0.1, 0.15) is 5.75 Å². The highest BCUT2D eigenvalue weighted by Gasteiger charge is 2.25. The summed E-state index contributed by atoms with van der Waals surface area (Å²) in [6.45, 7) is 3.84. The normalized spacial score (nSPS) is 20.3. The summed E-state index contributed by atoms with van der Waals surface area (Å²) in [6, 6.07) is 5.30. The quantitative estimate of drug-likeness (QED) is 0.885. The lowest BCUT2D eigenvalue weighted by atomic mass is 10.0. The van der Waals surface area contributed by atoms with E-state index in [4.69, 9.17) is 0 Å². The van der Waals surface area contributed by atoms with Crippen LogP contribution in [-0.4, -0.2) is 54.0 Å². The Bertz CT molecular complexity index is 473. The largest absolute Gasteiger partial charge is 0.508 e. The second-order valence-corrected chi connectivity index (χ2v) is 5.48. The molecule has 1 heterocycles. The molecule has 1 atom stereocenters. The van der Waals surface area contributed by atoms with Crippen LogP contribution in [0.15, 0.2) is 18.2 Å². The van der Waals surface area contributed by atoms with Crippen LogP contribution in [0.3, 0.4) is 0 Å². The van der Waals surface area contributed by atoms with Crippen molar-refractivity contribution in [3.8, 4) is 5.75 Å². The molecule has 2 rings (SSSR count). The minimum absolute atomic E-state index is 0.0309. The summed E-state index contributed by atoms with van der Waals surface area (Å²) < 4.78 is 0. The zero-order valence-electron chi connectivity index (χ0n) is 11.9. The minimum atomic E-state index is 0.0309. The summed E-state index contributed by atoms with van der Waals surface area (Å²) in [5.74, 6) is 0.264. The van der Waals surface area contributed by atoms with Crippen LogP contribution in [0.5, 0.6) is 5.75 Å². The molecule has 1 saturated heterocycles. The van der Waals surface area contributed by atoms with Gasteiger partial charge in [-0.15, -0.1) is 0 Å². The SMILES string of the molecule is Cc1cc(C(=O)N(C)C2CCCN(C)C2)ccc1O. The molecule has 1 aromatic carbocycles. The molecule has 0 aromatic heterocycles. The highest BCUT2D eigenvalue weighted by Crippen LogP contribution is 2.20. The average Bonchev–Trinajstić information content (AvgIpc) is 2.40. The van der Waals surface area contributed by atoms with E-state index >= 15 is 0 Å². The second kappa shape index (κ2) is 5.61. The van der Waals surface area contributed by atoms with E-state index in [0.717, 1.165) is 31.5 Å². The van der Waals surface area contributed by atoms with Gasteiger partial charge in [-0.25, -0.2) is 0 Å². The van der Waals surface area contributed by atoms with E-state index in [2.05, 4.69) is 11.9 Å². The third-order valence-electron chi connectivity index (χ3n) is 3.91. The van der Waals surface area contributed by atoms with Crippen LogP contribution in [0.25, 0.3) is 0 Å². The van der Waals surface area contributed by atoms with Crippen LogP contribution in [0, 0.1) is 6.92 Å². The maximum absolute atomic E-state index is 12.4. The van der Waals surface area contributed by atoms with Crippen molar-refractivity contribution in [2.24, 2.45) is 0 Å². The summed E-state index contributed by atoms with van der Waals surface area (Å²) in [5, 5.41) is 9.52. The van der Waals surface area contributed by atoms with Crippen molar-refractivity contribution in [3.05, 3.63) is 29.3 Å². The number of nitrogens with zero attached hydrogens (tertiary/aromatic N) is 2. The Kier molecular flexibility index (Phi) is 4.10. The number of amides is 1. The van der Waals surface area contributed by atoms with Crippen molar-refractivity contribution in [1.29, 1.82) is 0 Å². The van der Waals surface area contributed by atoms with E-state index in [1.54, 1.807) is 25.1 Å². The van der Waals surface area contributed by atoms with Crippen molar-refractivity contribution in [1.82, 2.24) is 9.80 Å². The Labute approximate surface area is 114 Å². The molecule has 104 valence electrons. The predicted molar refractivity (Wildman–Crippen MR) is 75.5 cm³/mol. The molecule has 1 N–H and O–H groups in total. The summed E-state index contributed by atoms with van der Waals surface area (Å²) >= 11 is 0. The van der Waals surface area contributed by atoms with Gasteiger partial charge in [0.25, 0.3) is 5.91 Å². The number of carbonyl (C=O) groups excluding carboxylic acids is 1. The molecule has 1 aliphatic rings. The number of hydrogen-bond acceptors (Lipinski definition) is 3. The lowest BCUT2D eigenvalue weighted by Gasteiger charge is -2.35. The molecule has 1 aliphatic heterocycles. The van der Waals surface area contributed by atoms with E-state index in [-0.39, 0.29) is 17.7 Å². The van der Waals surface area contributed by atoms with Gasteiger partial charge in [-0.2, -0.15) is 0 Å². The zero-order chi connectivity index (χ0) is 14.0. The number of carbonyl (C=O) groups is 1. The van der Waals surface area contributed by atoms with Gasteiger partial charge in [0.05, 0.1) is 0 Å². The number of piperidine rings is 1. The number of phenolic OH excluding ortho intramolecular Hbond substituents is 1. The topological polar surface area (TPSA) is 43.8 Å². The van der Waals surface area contributed by atoms with Crippen molar-refractivity contribution in [2.45, 2.75) is 25.8 Å². The van der Waals surface area contributed by atoms with Crippen LogP contribution in [-0.2, 0) is 0 Å². The van der Waals surface area contributed by atoms with Crippen LogP contribution >= 0.6 is 0 Å². The standard InChI is InChI=1S/C15H22N2O2/c1-11-9-12(6-7-14(11)18)15(19)17(3)13-5-4-8-16(2)10-13/h6-7,9,13,18H,4-5,8,10H2,1-3H3. The van der Waals surface area contributed by atoms with Crippen LogP contribution < -0.4 is 0 Å². The van der Waals surface area contributed by atoms with Gasteiger partial charge in [-0.3, -0.25) is 4.79 Å². The maximum Gasteiger partial charge on any atom is 0.253 e. The van der Waals surface area contributed by atoms with Crippen molar-refractivity contribution >= 4 is 5.91 Å². The average molecular weight is 262 g/mol. The van der Waals surface area contributed by atoms with Gasteiger partial charge in [-0.1, -0.05) is 0 Å². The first-order valence-electron chi connectivity index (χ1n) is 6.74. The van der Waals surface area contributed by atoms with Crippen molar-refractivity contribution in [3.63, 3.8) is 0 Å². The minimum Gasteiger partial charge on any atom is -0.508 e. The molecule has 0 bridgehead atoms. The first-order chi connectivity index (χ1) is 8.99. The number of aromatic hydroxyl groups is 1. The van der Waals surface area contributed by atoms with E-state index < -0.39 is 0 Å². The molecular formula is C15H22N2O2. The predicted octanol–water partition coefficient (Wildman–Crippen LogP) is 1.87. The Morgan fingerprint density at radius 1 is 1.47 bits per heavy atom. The Hall–Kier alpha value is -1.55. The molecule has 0 radical (unpaired) electrons. The third kappa shape index (κ3) is 3.07. The van der Waals surface area contributed by atoms with Crippen LogP contribution in [0.2, 0.25) is 0 Å². The molecule has 0 spiro atoms. The highest BCUT2D eigenvalue weighted by atomic mass is 16.3. The molecule has 0 saturated carbocycles. The molecule has 1 unspecified atom stereocenters. The second-order valence-electron chi connectivity index (χ2n) is 5.48. The van der Waals surface area contributed by atoms with E-state index in [9.17, 15) is 9.90 Å². The number of likely N-dealkylation sites (tertiary alicyclic amines) is 1. The van der Waals surface area contributed by atoms with Gasteiger partial charge < -0.3 is 14.9 Å². The molecule has 19 heavy (non-hydrogen) atoms. The van der Waals surface area contributed by atoms with Crippen LogP contribution in [0.4, 0.5) is 0 Å². The van der Waals surface area contributed by atoms with Crippen LogP contribution in [0.1, 0.15) is 28.8 Å². The molecule has 4 nitrogen and oxygen atoms in total. The fraction of sp³-hybridized carbons (Fsp3) is 0.533. The molecule has 1 fully saturated rings. The number of aryl methyl sites for hydroxylation is 1. The van der Waals surface area contributed by atoms with Gasteiger partial charge in [-0.05, 0) is 57.1 Å². The van der Waals surface area contributed by atoms with Crippen molar-refractivity contribution in [2.75, 3.05) is 27.2 Å². The number of benzene rings is 1. The fourth-order valence-electron chi connectivity index (χ4n) is 2.61. The van der Waals surface area contributed by atoms with Gasteiger partial charge >= 0.3 is 0 Å². The molecule has 1 aromatic rings. The number of phenols is 1. The van der Waals surface area contributed by atoms with Gasteiger partial charge in [0.2, 0.25) is 0 Å². The van der Waals surface area contributed by atoms with Gasteiger partial charge in [0.15, 0.2) is 0 Å². The molecule has 4 heteroatoms. The van der Waals surface area contributed by atoms with Gasteiger partial charge in [0, 0.05) is 25.2 Å². The Morgan fingerprint density at radius 3 is 2.84 bits per heavy atom. The Morgan fingerprint density at radius 2 is 2.21 bits per heavy atom. The Balaban J connectivity index is 2.11. The number of hydrogen-bond donors (Lipinski definition) is 1.